The summed E-state index contributed by atoms with van der Waals surface area (Å²) in [6.07, 6.45) is -4.43. The van der Waals surface area contributed by atoms with Crippen molar-refractivity contribution in [3.05, 3.63) is 101 Å². The third-order valence-corrected chi connectivity index (χ3v) is 4.46. The summed E-state index contributed by atoms with van der Waals surface area (Å²) in [6.45, 7) is 7.03. The van der Waals surface area contributed by atoms with Crippen LogP contribution in [0.15, 0.2) is 72.8 Å². The van der Waals surface area contributed by atoms with E-state index in [-0.39, 0.29) is 5.69 Å². The molecule has 1 atom stereocenters. The second-order valence-corrected chi connectivity index (χ2v) is 6.89. The molecule has 0 fully saturated rings. The van der Waals surface area contributed by atoms with Gasteiger partial charge in [-0.25, -0.2) is 19.5 Å². The average Bonchev–Trinajstić information content (AvgIpc) is 2.77. The lowest BCUT2D eigenvalue weighted by molar-refractivity contribution is -0.274. The smallest absolute Gasteiger partial charge is 0.406 e. The number of nitrogens with one attached hydrogen (secondary N) is 3. The molecule has 0 aliphatic carbocycles. The molecule has 0 aliphatic heterocycles. The van der Waals surface area contributed by atoms with Crippen LogP contribution in [0.25, 0.3) is 4.85 Å². The number of halogens is 4. The van der Waals surface area contributed by atoms with Gasteiger partial charge in [0.25, 0.3) is 0 Å². The molecular weight excluding hydrogens is 440 g/mol. The minimum absolute atomic E-state index is 0.237. The Hall–Kier alpha value is -4.10. The Kier molecular flexibility index (Phi) is 7.48. The van der Waals surface area contributed by atoms with E-state index in [0.717, 1.165) is 17.7 Å². The quantitative estimate of drug-likeness (QED) is 0.235. The first-order chi connectivity index (χ1) is 15.7. The van der Waals surface area contributed by atoms with Crippen molar-refractivity contribution in [1.82, 2.24) is 10.9 Å². The molecule has 3 N–H and O–H groups in total. The van der Waals surface area contributed by atoms with Crippen molar-refractivity contribution < 1.29 is 27.1 Å². The number of urea groups is 1. The molecule has 0 spiro atoms. The minimum atomic E-state index is -4.81. The van der Waals surface area contributed by atoms with Crippen LogP contribution >= 0.6 is 0 Å². The van der Waals surface area contributed by atoms with Crippen LogP contribution in [-0.4, -0.2) is 12.4 Å². The van der Waals surface area contributed by atoms with Crippen LogP contribution in [0.3, 0.4) is 0 Å². The fourth-order valence-corrected chi connectivity index (χ4v) is 2.97. The van der Waals surface area contributed by atoms with E-state index in [1.54, 1.807) is 36.4 Å². The van der Waals surface area contributed by atoms with Crippen molar-refractivity contribution in [3.63, 3.8) is 0 Å². The Morgan fingerprint density at radius 2 is 1.73 bits per heavy atom. The Bertz CT molecular complexity index is 1130. The SMILES string of the molecule is [C-]#[N+]c1ccc(CC(NNC(=O)Nc2ccc(OC(F)(F)F)cc2)c2cccc(F)c2)cc1. The fourth-order valence-electron chi connectivity index (χ4n) is 2.97. The summed E-state index contributed by atoms with van der Waals surface area (Å²) in [5.41, 5.74) is 7.46. The van der Waals surface area contributed by atoms with Gasteiger partial charge < -0.3 is 10.1 Å². The predicted molar refractivity (Wildman–Crippen MR) is 114 cm³/mol. The number of carbonyl (C=O) groups excluding carboxylic acids is 1. The third kappa shape index (κ3) is 7.52. The van der Waals surface area contributed by atoms with Gasteiger partial charge in [0.1, 0.15) is 11.6 Å². The number of benzene rings is 3. The number of alkyl halides is 3. The van der Waals surface area contributed by atoms with E-state index in [2.05, 4.69) is 25.8 Å². The van der Waals surface area contributed by atoms with Gasteiger partial charge >= 0.3 is 12.4 Å². The normalized spacial score (nSPS) is 11.8. The summed E-state index contributed by atoms with van der Waals surface area (Å²) in [5, 5.41) is 2.47. The summed E-state index contributed by atoms with van der Waals surface area (Å²) < 4.78 is 54.2. The first-order valence-corrected chi connectivity index (χ1v) is 9.62. The Morgan fingerprint density at radius 3 is 2.33 bits per heavy atom. The van der Waals surface area contributed by atoms with E-state index in [4.69, 9.17) is 6.57 Å². The highest BCUT2D eigenvalue weighted by atomic mass is 19.4. The van der Waals surface area contributed by atoms with Crippen LogP contribution in [-0.2, 0) is 6.42 Å². The number of nitrogens with zero attached hydrogens (tertiary/aromatic N) is 1. The summed E-state index contributed by atoms with van der Waals surface area (Å²) >= 11 is 0. The highest BCUT2D eigenvalue weighted by molar-refractivity contribution is 5.88. The van der Waals surface area contributed by atoms with E-state index >= 15 is 0 Å². The van der Waals surface area contributed by atoms with Crippen molar-refractivity contribution in [1.29, 1.82) is 0 Å². The van der Waals surface area contributed by atoms with E-state index in [1.165, 1.54) is 24.3 Å². The van der Waals surface area contributed by atoms with Gasteiger partial charge in [-0.2, -0.15) is 0 Å². The molecule has 10 heteroatoms. The molecule has 0 bridgehead atoms. The van der Waals surface area contributed by atoms with Gasteiger partial charge in [-0.15, -0.1) is 13.2 Å². The van der Waals surface area contributed by atoms with Crippen LogP contribution in [0.5, 0.6) is 5.75 Å². The molecule has 0 saturated carbocycles. The molecule has 0 radical (unpaired) electrons. The summed E-state index contributed by atoms with van der Waals surface area (Å²) in [5.74, 6) is -0.852. The molecule has 170 valence electrons. The van der Waals surface area contributed by atoms with Crippen molar-refractivity contribution in [2.24, 2.45) is 0 Å². The molecule has 1 unspecified atom stereocenters. The number of anilines is 1. The molecule has 0 saturated heterocycles. The largest absolute Gasteiger partial charge is 0.573 e. The lowest BCUT2D eigenvalue weighted by Gasteiger charge is -2.20. The monoisotopic (exact) mass is 458 g/mol. The second kappa shape index (κ2) is 10.5. The zero-order chi connectivity index (χ0) is 23.8. The number of amides is 2. The van der Waals surface area contributed by atoms with Crippen molar-refractivity contribution in [2.45, 2.75) is 18.8 Å². The number of hydrogen-bond acceptors (Lipinski definition) is 3. The van der Waals surface area contributed by atoms with Crippen LogP contribution in [0.1, 0.15) is 17.2 Å². The predicted octanol–water partition coefficient (Wildman–Crippen LogP) is 5.89. The number of rotatable bonds is 7. The number of hydrazine groups is 1. The highest BCUT2D eigenvalue weighted by Gasteiger charge is 2.31. The second-order valence-electron chi connectivity index (χ2n) is 6.89. The molecule has 0 aromatic heterocycles. The van der Waals surface area contributed by atoms with E-state index in [9.17, 15) is 22.4 Å². The molecular formula is C23H18F4N4O2. The number of ether oxygens (including phenoxy) is 1. The molecule has 3 aromatic carbocycles. The van der Waals surface area contributed by atoms with Gasteiger partial charge in [0.15, 0.2) is 5.69 Å². The molecule has 3 aromatic rings. The molecule has 33 heavy (non-hydrogen) atoms. The lowest BCUT2D eigenvalue weighted by atomic mass is 9.99. The van der Waals surface area contributed by atoms with Gasteiger partial charge in [0.2, 0.25) is 0 Å². The summed E-state index contributed by atoms with van der Waals surface area (Å²) in [7, 11) is 0. The summed E-state index contributed by atoms with van der Waals surface area (Å²) in [6, 6.07) is 16.2. The van der Waals surface area contributed by atoms with Gasteiger partial charge in [-0.05, 0) is 53.9 Å². The van der Waals surface area contributed by atoms with Crippen molar-refractivity contribution >= 4 is 17.4 Å². The minimum Gasteiger partial charge on any atom is -0.406 e. The molecule has 0 aliphatic rings. The first-order valence-electron chi connectivity index (χ1n) is 9.62. The zero-order valence-electron chi connectivity index (χ0n) is 17.0. The van der Waals surface area contributed by atoms with Crippen molar-refractivity contribution in [2.75, 3.05) is 5.32 Å². The fraction of sp³-hybridized carbons (Fsp3) is 0.130. The highest BCUT2D eigenvalue weighted by Crippen LogP contribution is 2.24. The van der Waals surface area contributed by atoms with Crippen LogP contribution in [0, 0.1) is 12.4 Å². The van der Waals surface area contributed by atoms with Crippen LogP contribution in [0.4, 0.5) is 33.7 Å². The standard InChI is InChI=1S/C23H18F4N4O2/c1-28-18-7-5-15(6-8-18)13-21(16-3-2-4-17(24)14-16)30-31-22(32)29-19-9-11-20(12-10-19)33-23(25,26)27/h2-12,14,21,30H,13H2,(H2,29,31,32). The lowest BCUT2D eigenvalue weighted by Crippen LogP contribution is -2.43. The van der Waals surface area contributed by atoms with Gasteiger partial charge in [-0.1, -0.05) is 36.4 Å². The third-order valence-electron chi connectivity index (χ3n) is 4.46. The topological polar surface area (TPSA) is 66.8 Å². The molecule has 0 heterocycles. The average molecular weight is 458 g/mol. The van der Waals surface area contributed by atoms with E-state index in [1.807, 2.05) is 0 Å². The molecule has 6 nitrogen and oxygen atoms in total. The Labute approximate surface area is 187 Å². The van der Waals surface area contributed by atoms with Gasteiger partial charge in [0, 0.05) is 5.69 Å². The maximum absolute atomic E-state index is 13.7. The Balaban J connectivity index is 1.64. The maximum Gasteiger partial charge on any atom is 0.573 e. The van der Waals surface area contributed by atoms with Crippen LogP contribution < -0.4 is 20.9 Å². The zero-order valence-corrected chi connectivity index (χ0v) is 17.0. The maximum atomic E-state index is 13.7. The van der Waals surface area contributed by atoms with Gasteiger partial charge in [0.05, 0.1) is 12.6 Å². The first kappa shape index (κ1) is 23.6. The molecule has 2 amide bonds. The van der Waals surface area contributed by atoms with Crippen molar-refractivity contribution in [3.8, 4) is 5.75 Å². The van der Waals surface area contributed by atoms with Crippen LogP contribution in [0.2, 0.25) is 0 Å². The number of carbonyl (C=O) groups is 1. The summed E-state index contributed by atoms with van der Waals surface area (Å²) in [4.78, 5) is 15.6. The Morgan fingerprint density at radius 1 is 1.03 bits per heavy atom. The molecule has 3 rings (SSSR count). The number of hydrogen-bond donors (Lipinski definition) is 3. The van der Waals surface area contributed by atoms with E-state index < -0.39 is 30.0 Å². The van der Waals surface area contributed by atoms with E-state index in [0.29, 0.717) is 17.7 Å². The van der Waals surface area contributed by atoms with Gasteiger partial charge in [-0.3, -0.25) is 5.43 Å².